The van der Waals surface area contributed by atoms with E-state index in [0.717, 1.165) is 5.06 Å². The topological polar surface area (TPSA) is 49.8 Å². The van der Waals surface area contributed by atoms with Gasteiger partial charge in [0.1, 0.15) is 0 Å². The Balaban J connectivity index is 2.35. The van der Waals surface area contributed by atoms with Gasteiger partial charge in [-0.3, -0.25) is 4.79 Å². The van der Waals surface area contributed by atoms with Crippen LogP contribution in [0, 0.1) is 0 Å². The monoisotopic (exact) mass is 261 g/mol. The quantitative estimate of drug-likeness (QED) is 0.845. The summed E-state index contributed by atoms with van der Waals surface area (Å²) in [6, 6.07) is 4.62. The number of anilines is 1. The first-order valence-electron chi connectivity index (χ1n) is 4.58. The third-order valence-corrected chi connectivity index (χ3v) is 2.51. The Morgan fingerprint density at radius 3 is 2.38 bits per heavy atom. The maximum absolute atomic E-state index is 11.6. The highest BCUT2D eigenvalue weighted by Crippen LogP contribution is 2.32. The Morgan fingerprint density at radius 2 is 1.94 bits per heavy atom. The minimum Gasteiger partial charge on any atom is -0.363 e. The summed E-state index contributed by atoms with van der Waals surface area (Å²) < 4.78 is 0. The molecule has 1 saturated heterocycles. The number of amides is 1. The molecule has 1 N–H and O–H groups in total. The van der Waals surface area contributed by atoms with Gasteiger partial charge in [0.05, 0.1) is 12.1 Å². The van der Waals surface area contributed by atoms with Gasteiger partial charge in [0.15, 0.2) is 5.79 Å². The molecule has 0 aliphatic carbocycles. The van der Waals surface area contributed by atoms with Gasteiger partial charge in [-0.25, -0.2) is 4.84 Å². The number of carbonyl (C=O) groups excluding carboxylic acids is 1. The maximum atomic E-state index is 11.6. The molecule has 2 rings (SSSR count). The van der Waals surface area contributed by atoms with Crippen LogP contribution in [-0.4, -0.2) is 16.8 Å². The van der Waals surface area contributed by atoms with Gasteiger partial charge in [-0.15, -0.1) is 0 Å². The van der Waals surface area contributed by atoms with Crippen LogP contribution in [0.2, 0.25) is 10.0 Å². The number of hydrogen-bond donors (Lipinski definition) is 1. The normalized spacial score (nSPS) is 25.2. The molecule has 1 aromatic carbocycles. The summed E-state index contributed by atoms with van der Waals surface area (Å²) in [6.45, 7) is 1.41. The molecule has 0 aromatic heterocycles. The summed E-state index contributed by atoms with van der Waals surface area (Å²) in [7, 11) is 0. The van der Waals surface area contributed by atoms with E-state index in [2.05, 4.69) is 0 Å². The molecule has 1 fully saturated rings. The average Bonchev–Trinajstić information content (AvgIpc) is 2.38. The Bertz CT molecular complexity index is 427. The van der Waals surface area contributed by atoms with Crippen molar-refractivity contribution in [1.29, 1.82) is 0 Å². The van der Waals surface area contributed by atoms with Gasteiger partial charge in [-0.05, 0) is 25.1 Å². The van der Waals surface area contributed by atoms with Crippen LogP contribution in [-0.2, 0) is 9.63 Å². The number of hydroxylamine groups is 1. The number of rotatable bonds is 1. The summed E-state index contributed by atoms with van der Waals surface area (Å²) >= 11 is 11.6. The minimum absolute atomic E-state index is 0.100. The molecule has 0 saturated carbocycles. The summed E-state index contributed by atoms with van der Waals surface area (Å²) in [6.07, 6.45) is -0.100. The van der Waals surface area contributed by atoms with E-state index in [9.17, 15) is 9.90 Å². The molecular weight excluding hydrogens is 253 g/mol. The fraction of sp³-hybridized carbons (Fsp3) is 0.300. The Morgan fingerprint density at radius 1 is 1.38 bits per heavy atom. The third kappa shape index (κ3) is 2.30. The molecule has 16 heavy (non-hydrogen) atoms. The van der Waals surface area contributed by atoms with Crippen molar-refractivity contribution in [3.63, 3.8) is 0 Å². The maximum Gasteiger partial charge on any atom is 0.256 e. The number of nitrogens with zero attached hydrogens (tertiary/aromatic N) is 1. The molecule has 0 bridgehead atoms. The van der Waals surface area contributed by atoms with Crippen molar-refractivity contribution >= 4 is 34.8 Å². The van der Waals surface area contributed by atoms with Gasteiger partial charge in [0.2, 0.25) is 0 Å². The average molecular weight is 262 g/mol. The molecule has 1 aliphatic rings. The molecule has 6 heteroatoms. The first kappa shape index (κ1) is 11.7. The largest absolute Gasteiger partial charge is 0.363 e. The molecule has 1 atom stereocenters. The molecule has 0 unspecified atom stereocenters. The Labute approximate surface area is 102 Å². The van der Waals surface area contributed by atoms with E-state index in [1.165, 1.54) is 19.1 Å². The van der Waals surface area contributed by atoms with Crippen molar-refractivity contribution in [1.82, 2.24) is 0 Å². The number of hydrogen-bond acceptors (Lipinski definition) is 3. The van der Waals surface area contributed by atoms with Crippen LogP contribution in [0.4, 0.5) is 5.69 Å². The highest BCUT2D eigenvalue weighted by Gasteiger charge is 2.40. The predicted octanol–water partition coefficient (Wildman–Crippen LogP) is 2.37. The van der Waals surface area contributed by atoms with E-state index >= 15 is 0 Å². The molecule has 1 aromatic rings. The summed E-state index contributed by atoms with van der Waals surface area (Å²) in [5.74, 6) is -1.82. The fourth-order valence-electron chi connectivity index (χ4n) is 1.49. The van der Waals surface area contributed by atoms with Crippen molar-refractivity contribution in [3.8, 4) is 0 Å². The lowest BCUT2D eigenvalue weighted by atomic mass is 10.2. The second-order valence-corrected chi connectivity index (χ2v) is 4.63. The highest BCUT2D eigenvalue weighted by molar-refractivity contribution is 6.35. The van der Waals surface area contributed by atoms with Gasteiger partial charge in [0.25, 0.3) is 5.91 Å². The molecule has 4 nitrogen and oxygen atoms in total. The molecule has 1 amide bonds. The minimum atomic E-state index is -1.48. The number of carbonyl (C=O) groups is 1. The van der Waals surface area contributed by atoms with Crippen LogP contribution >= 0.6 is 23.2 Å². The standard InChI is InChI=1S/C10H9Cl2NO3/c1-10(15)5-9(14)13(16-10)8-3-6(11)2-7(12)4-8/h2-4,15H,5H2,1H3/t10-/m1/s1. The first-order chi connectivity index (χ1) is 7.37. The number of halogens is 2. The van der Waals surface area contributed by atoms with Crippen molar-refractivity contribution in [2.24, 2.45) is 0 Å². The Hall–Kier alpha value is -0.810. The van der Waals surface area contributed by atoms with E-state index in [4.69, 9.17) is 28.0 Å². The van der Waals surface area contributed by atoms with Crippen LogP contribution in [0.25, 0.3) is 0 Å². The van der Waals surface area contributed by atoms with E-state index in [1.54, 1.807) is 6.07 Å². The lowest BCUT2D eigenvalue weighted by molar-refractivity contribution is -0.163. The fourth-order valence-corrected chi connectivity index (χ4v) is 2.00. The van der Waals surface area contributed by atoms with Crippen molar-refractivity contribution < 1.29 is 14.7 Å². The van der Waals surface area contributed by atoms with E-state index in [-0.39, 0.29) is 12.3 Å². The van der Waals surface area contributed by atoms with Crippen LogP contribution < -0.4 is 5.06 Å². The Kier molecular flexibility index (Phi) is 2.84. The van der Waals surface area contributed by atoms with Crippen molar-refractivity contribution in [2.45, 2.75) is 19.1 Å². The van der Waals surface area contributed by atoms with Gasteiger partial charge in [-0.1, -0.05) is 23.2 Å². The second kappa shape index (κ2) is 3.89. The zero-order valence-electron chi connectivity index (χ0n) is 8.41. The lowest BCUT2D eigenvalue weighted by Gasteiger charge is -2.19. The zero-order valence-corrected chi connectivity index (χ0v) is 9.92. The molecule has 0 radical (unpaired) electrons. The SMILES string of the molecule is C[C@]1(O)CC(=O)N(c2cc(Cl)cc(Cl)c2)O1. The van der Waals surface area contributed by atoms with E-state index in [1.807, 2.05) is 0 Å². The van der Waals surface area contributed by atoms with E-state index < -0.39 is 5.79 Å². The van der Waals surface area contributed by atoms with Gasteiger partial charge in [-0.2, -0.15) is 5.06 Å². The van der Waals surface area contributed by atoms with Gasteiger partial charge < -0.3 is 5.11 Å². The van der Waals surface area contributed by atoms with Crippen molar-refractivity contribution in [2.75, 3.05) is 5.06 Å². The third-order valence-electron chi connectivity index (χ3n) is 2.08. The summed E-state index contributed by atoms with van der Waals surface area (Å²) in [5.41, 5.74) is 0.403. The predicted molar refractivity (Wildman–Crippen MR) is 60.3 cm³/mol. The van der Waals surface area contributed by atoms with Crippen LogP contribution in [0.5, 0.6) is 0 Å². The molecule has 1 aliphatic heterocycles. The van der Waals surface area contributed by atoms with Crippen LogP contribution in [0.15, 0.2) is 18.2 Å². The van der Waals surface area contributed by atoms with Crippen molar-refractivity contribution in [3.05, 3.63) is 28.2 Å². The zero-order chi connectivity index (χ0) is 11.9. The smallest absolute Gasteiger partial charge is 0.256 e. The van der Waals surface area contributed by atoms with Crippen LogP contribution in [0.3, 0.4) is 0 Å². The molecule has 1 heterocycles. The first-order valence-corrected chi connectivity index (χ1v) is 5.33. The molecule has 86 valence electrons. The van der Waals surface area contributed by atoms with Gasteiger partial charge >= 0.3 is 0 Å². The molecule has 0 spiro atoms. The number of benzene rings is 1. The summed E-state index contributed by atoms with van der Waals surface area (Å²) in [4.78, 5) is 16.6. The lowest BCUT2D eigenvalue weighted by Crippen LogP contribution is -2.27. The summed E-state index contributed by atoms with van der Waals surface area (Å²) in [5, 5.41) is 11.4. The van der Waals surface area contributed by atoms with E-state index in [0.29, 0.717) is 15.7 Å². The number of aliphatic hydroxyl groups is 1. The second-order valence-electron chi connectivity index (χ2n) is 3.76. The molecular formula is C10H9Cl2NO3. The highest BCUT2D eigenvalue weighted by atomic mass is 35.5. The van der Waals surface area contributed by atoms with Gasteiger partial charge in [0, 0.05) is 10.0 Å². The van der Waals surface area contributed by atoms with Crippen LogP contribution in [0.1, 0.15) is 13.3 Å².